The summed E-state index contributed by atoms with van der Waals surface area (Å²) < 4.78 is 31.3. The van der Waals surface area contributed by atoms with Crippen molar-refractivity contribution in [1.82, 2.24) is 5.32 Å². The number of carbonyl (C=O) groups is 2. The fourth-order valence-corrected chi connectivity index (χ4v) is 3.74. The molecule has 1 N–H and O–H groups in total. The first-order valence-electron chi connectivity index (χ1n) is 10.7. The van der Waals surface area contributed by atoms with E-state index >= 15 is 0 Å². The molecule has 7 heteroatoms. The molecular weight excluding hydrogens is 425 g/mol. The van der Waals surface area contributed by atoms with Gasteiger partial charge in [0.1, 0.15) is 5.75 Å². The monoisotopic (exact) mass is 449 g/mol. The Labute approximate surface area is 191 Å². The molecule has 4 rings (SSSR count). The zero-order chi connectivity index (χ0) is 23.4. The molecule has 33 heavy (non-hydrogen) atoms. The van der Waals surface area contributed by atoms with Crippen LogP contribution in [0.3, 0.4) is 0 Å². The molecule has 3 aromatic rings. The molecular formula is C26H24FNO5. The second-order valence-corrected chi connectivity index (χ2v) is 7.61. The molecule has 1 aliphatic rings. The highest BCUT2D eigenvalue weighted by Gasteiger charge is 2.28. The quantitative estimate of drug-likeness (QED) is 0.364. The molecule has 170 valence electrons. The fourth-order valence-electron chi connectivity index (χ4n) is 3.74. The normalized spacial score (nSPS) is 12.3. The van der Waals surface area contributed by atoms with Gasteiger partial charge in [0.2, 0.25) is 0 Å². The number of halogens is 1. The second kappa shape index (κ2) is 9.73. The van der Waals surface area contributed by atoms with Crippen LogP contribution >= 0.6 is 0 Å². The Hall–Kier alpha value is -3.87. The van der Waals surface area contributed by atoms with Gasteiger partial charge >= 0.3 is 0 Å². The predicted molar refractivity (Wildman–Crippen MR) is 121 cm³/mol. The zero-order valence-corrected chi connectivity index (χ0v) is 18.4. The van der Waals surface area contributed by atoms with Crippen LogP contribution in [0, 0.1) is 5.82 Å². The van der Waals surface area contributed by atoms with Crippen molar-refractivity contribution in [1.29, 1.82) is 0 Å². The lowest BCUT2D eigenvalue weighted by atomic mass is 9.99. The summed E-state index contributed by atoms with van der Waals surface area (Å²) in [5, 5.41) is 2.31. The number of fused-ring (bicyclic) bond motifs is 1. The van der Waals surface area contributed by atoms with E-state index in [0.29, 0.717) is 47.8 Å². The number of amides is 2. The van der Waals surface area contributed by atoms with E-state index < -0.39 is 5.82 Å². The molecule has 0 aromatic heterocycles. The molecule has 0 radical (unpaired) electrons. The third-order valence-electron chi connectivity index (χ3n) is 5.47. The highest BCUT2D eigenvalue weighted by Crippen LogP contribution is 2.34. The van der Waals surface area contributed by atoms with Gasteiger partial charge in [-0.05, 0) is 60.7 Å². The molecule has 6 nitrogen and oxygen atoms in total. The van der Waals surface area contributed by atoms with Gasteiger partial charge in [0.25, 0.3) is 11.8 Å². The Kier molecular flexibility index (Phi) is 6.58. The number of methoxy groups -OCH3 is 1. The van der Waals surface area contributed by atoms with Crippen molar-refractivity contribution in [3.63, 3.8) is 0 Å². The van der Waals surface area contributed by atoms with Crippen LogP contribution in [0.15, 0.2) is 54.6 Å². The van der Waals surface area contributed by atoms with E-state index in [2.05, 4.69) is 5.32 Å². The van der Waals surface area contributed by atoms with Crippen molar-refractivity contribution in [3.05, 3.63) is 82.7 Å². The first kappa shape index (κ1) is 22.3. The molecule has 0 atom stereocenters. The van der Waals surface area contributed by atoms with Crippen LogP contribution in [0.2, 0.25) is 0 Å². The van der Waals surface area contributed by atoms with Crippen molar-refractivity contribution in [2.45, 2.75) is 26.2 Å². The number of imide groups is 1. The van der Waals surface area contributed by atoms with Crippen molar-refractivity contribution < 1.29 is 28.2 Å². The van der Waals surface area contributed by atoms with Gasteiger partial charge in [0.15, 0.2) is 23.1 Å². The average Bonchev–Trinajstić information content (AvgIpc) is 3.12. The number of carbonyl (C=O) groups excluding carboxylic acids is 2. The summed E-state index contributed by atoms with van der Waals surface area (Å²) in [5.74, 6) is 0.122. The first-order valence-corrected chi connectivity index (χ1v) is 10.7. The third-order valence-corrected chi connectivity index (χ3v) is 5.47. The van der Waals surface area contributed by atoms with Crippen LogP contribution in [0.5, 0.6) is 23.0 Å². The lowest BCUT2D eigenvalue weighted by Gasteiger charge is -2.13. The van der Waals surface area contributed by atoms with Crippen molar-refractivity contribution in [2.75, 3.05) is 13.7 Å². The minimum Gasteiger partial charge on any atom is -0.493 e. The van der Waals surface area contributed by atoms with Gasteiger partial charge in [0, 0.05) is 6.07 Å². The van der Waals surface area contributed by atoms with Crippen molar-refractivity contribution in [3.8, 4) is 23.0 Å². The van der Waals surface area contributed by atoms with Crippen molar-refractivity contribution >= 4 is 11.8 Å². The minimum atomic E-state index is -0.551. The summed E-state index contributed by atoms with van der Waals surface area (Å²) >= 11 is 0. The Morgan fingerprint density at radius 3 is 2.52 bits per heavy atom. The molecule has 0 saturated heterocycles. The molecule has 1 aliphatic heterocycles. The van der Waals surface area contributed by atoms with Gasteiger partial charge in [-0.3, -0.25) is 14.9 Å². The maximum atomic E-state index is 14.6. The van der Waals surface area contributed by atoms with E-state index in [1.54, 1.807) is 31.4 Å². The van der Waals surface area contributed by atoms with E-state index in [9.17, 15) is 14.0 Å². The van der Waals surface area contributed by atoms with Crippen LogP contribution in [0.25, 0.3) is 0 Å². The first-order chi connectivity index (χ1) is 16.0. The Bertz CT molecular complexity index is 1210. The molecule has 1 heterocycles. The fraction of sp³-hybridized carbons (Fsp3) is 0.231. The maximum Gasteiger partial charge on any atom is 0.259 e. The molecule has 0 spiro atoms. The van der Waals surface area contributed by atoms with E-state index in [-0.39, 0.29) is 17.6 Å². The smallest absolute Gasteiger partial charge is 0.259 e. The van der Waals surface area contributed by atoms with Gasteiger partial charge in [-0.15, -0.1) is 0 Å². The number of nitrogens with one attached hydrogen (secondary N) is 1. The van der Waals surface area contributed by atoms with Crippen LogP contribution in [0.4, 0.5) is 4.39 Å². The Balaban J connectivity index is 1.35. The molecule has 0 unspecified atom stereocenters. The Morgan fingerprint density at radius 1 is 0.939 bits per heavy atom. The average molecular weight is 449 g/mol. The van der Waals surface area contributed by atoms with Gasteiger partial charge < -0.3 is 14.2 Å². The minimum absolute atomic E-state index is 0.0698. The van der Waals surface area contributed by atoms with Crippen LogP contribution < -0.4 is 19.5 Å². The van der Waals surface area contributed by atoms with E-state index in [1.807, 2.05) is 25.1 Å². The largest absolute Gasteiger partial charge is 0.493 e. The standard InChI is InChI=1S/C26H24FNO5/c1-3-16-9-11-22(23(14-16)31-2)33-21-12-10-18(15-20(21)27)32-13-5-7-17-6-4-8-19-24(17)26(30)28-25(19)29/h4,6,8-12,14-15H,3,5,7,13H2,1-2H3,(H,28,29,30). The third kappa shape index (κ3) is 4.82. The lowest BCUT2D eigenvalue weighted by Crippen LogP contribution is -2.20. The van der Waals surface area contributed by atoms with Gasteiger partial charge in [-0.1, -0.05) is 25.1 Å². The number of aryl methyl sites for hydroxylation is 2. The summed E-state index contributed by atoms with van der Waals surface area (Å²) in [5.41, 5.74) is 2.71. The number of hydrogen-bond acceptors (Lipinski definition) is 5. The molecule has 2 amide bonds. The number of rotatable bonds is 9. The van der Waals surface area contributed by atoms with Crippen molar-refractivity contribution in [2.24, 2.45) is 0 Å². The van der Waals surface area contributed by atoms with E-state index in [1.165, 1.54) is 12.1 Å². The topological polar surface area (TPSA) is 73.9 Å². The van der Waals surface area contributed by atoms with Gasteiger partial charge in [-0.2, -0.15) is 0 Å². The number of ether oxygens (including phenoxy) is 3. The van der Waals surface area contributed by atoms with Crippen LogP contribution in [-0.4, -0.2) is 25.5 Å². The number of benzene rings is 3. The highest BCUT2D eigenvalue weighted by atomic mass is 19.1. The molecule has 0 saturated carbocycles. The van der Waals surface area contributed by atoms with Gasteiger partial charge in [-0.25, -0.2) is 4.39 Å². The second-order valence-electron chi connectivity index (χ2n) is 7.61. The predicted octanol–water partition coefficient (Wildman–Crippen LogP) is 5.08. The highest BCUT2D eigenvalue weighted by molar-refractivity contribution is 6.22. The lowest BCUT2D eigenvalue weighted by molar-refractivity contribution is 0.0879. The summed E-state index contributed by atoms with van der Waals surface area (Å²) in [6.45, 7) is 2.36. The van der Waals surface area contributed by atoms with Crippen LogP contribution in [-0.2, 0) is 12.8 Å². The summed E-state index contributed by atoms with van der Waals surface area (Å²) in [4.78, 5) is 23.8. The SMILES string of the molecule is CCc1ccc(Oc2ccc(OCCCc3cccc4c3C(=O)NC4=O)cc2F)c(OC)c1. The molecule has 3 aromatic carbocycles. The Morgan fingerprint density at radius 2 is 1.76 bits per heavy atom. The molecule has 0 bridgehead atoms. The van der Waals surface area contributed by atoms with Gasteiger partial charge in [0.05, 0.1) is 24.8 Å². The number of hydrogen-bond donors (Lipinski definition) is 1. The zero-order valence-electron chi connectivity index (χ0n) is 18.4. The molecule has 0 fully saturated rings. The van der Waals surface area contributed by atoms with E-state index in [4.69, 9.17) is 14.2 Å². The van der Waals surface area contributed by atoms with Crippen LogP contribution in [0.1, 0.15) is 45.2 Å². The summed E-state index contributed by atoms with van der Waals surface area (Å²) in [6.07, 6.45) is 2.01. The maximum absolute atomic E-state index is 14.6. The summed E-state index contributed by atoms with van der Waals surface area (Å²) in [7, 11) is 1.54. The summed E-state index contributed by atoms with van der Waals surface area (Å²) in [6, 6.07) is 15.2. The van der Waals surface area contributed by atoms with E-state index in [0.717, 1.165) is 17.5 Å². The molecule has 0 aliphatic carbocycles.